The Hall–Kier alpha value is -2.54. The van der Waals surface area contributed by atoms with Crippen molar-refractivity contribution in [2.24, 2.45) is 0 Å². The average molecular weight is 326 g/mol. The van der Waals surface area contributed by atoms with E-state index in [-0.39, 0.29) is 12.0 Å². The summed E-state index contributed by atoms with van der Waals surface area (Å²) in [5, 5.41) is 0. The monoisotopic (exact) mass is 326 g/mol. The molecule has 1 aliphatic rings. The number of ether oxygens (including phenoxy) is 1. The van der Waals surface area contributed by atoms with Crippen LogP contribution in [0.5, 0.6) is 5.75 Å². The highest BCUT2D eigenvalue weighted by Gasteiger charge is 2.33. The van der Waals surface area contributed by atoms with E-state index in [9.17, 15) is 4.79 Å². The van der Waals surface area contributed by atoms with E-state index in [0.717, 1.165) is 34.2 Å². The van der Waals surface area contributed by atoms with Crippen molar-refractivity contribution in [1.29, 1.82) is 0 Å². The van der Waals surface area contributed by atoms with Gasteiger partial charge in [0.25, 0.3) is 5.91 Å². The molecule has 116 valence electrons. The molecule has 0 radical (unpaired) electrons. The van der Waals surface area contributed by atoms with Crippen molar-refractivity contribution >= 4 is 28.7 Å². The van der Waals surface area contributed by atoms with Crippen LogP contribution < -0.4 is 4.74 Å². The molecule has 0 bridgehead atoms. The summed E-state index contributed by atoms with van der Waals surface area (Å²) in [4.78, 5) is 18.4. The van der Waals surface area contributed by atoms with Crippen LogP contribution in [0.4, 0.5) is 0 Å². The molecule has 0 saturated carbocycles. The second-order valence-corrected chi connectivity index (χ2v) is 6.08. The number of aryl methyl sites for hydroxylation is 1. The number of rotatable bonds is 3. The molecule has 0 aliphatic carbocycles. The average Bonchev–Trinajstić information content (AvgIpc) is 2.97. The van der Waals surface area contributed by atoms with Gasteiger partial charge in [0, 0.05) is 23.5 Å². The first kappa shape index (κ1) is 14.1. The second kappa shape index (κ2) is 5.58. The first-order chi connectivity index (χ1) is 11.2. The van der Waals surface area contributed by atoms with Crippen LogP contribution in [0.3, 0.4) is 0 Å². The number of aromatic nitrogens is 3. The smallest absolute Gasteiger partial charge is 0.254 e. The third-order valence-corrected chi connectivity index (χ3v) is 4.36. The largest absolute Gasteiger partial charge is 0.487 e. The zero-order valence-corrected chi connectivity index (χ0v) is 13.3. The van der Waals surface area contributed by atoms with Crippen molar-refractivity contribution in [3.8, 4) is 5.75 Å². The maximum absolute atomic E-state index is 12.5. The number of carbonyl (C=O) groups is 1. The number of benzene rings is 1. The van der Waals surface area contributed by atoms with Gasteiger partial charge in [0.2, 0.25) is 0 Å². The zero-order chi connectivity index (χ0) is 15.8. The van der Waals surface area contributed by atoms with Crippen LogP contribution in [0.15, 0.2) is 36.5 Å². The number of amides is 1. The highest BCUT2D eigenvalue weighted by molar-refractivity contribution is 7.00. The van der Waals surface area contributed by atoms with E-state index < -0.39 is 0 Å². The molecule has 0 atom stereocenters. The zero-order valence-electron chi connectivity index (χ0n) is 12.5. The summed E-state index contributed by atoms with van der Waals surface area (Å²) in [6.07, 6.45) is 1.76. The van der Waals surface area contributed by atoms with E-state index in [1.165, 1.54) is 0 Å². The molecule has 4 rings (SSSR count). The topological polar surface area (TPSA) is 68.2 Å². The normalized spacial score (nSPS) is 14.7. The molecular formula is C16H14N4O2S. The quantitative estimate of drug-likeness (QED) is 0.739. The van der Waals surface area contributed by atoms with Crippen molar-refractivity contribution < 1.29 is 9.53 Å². The predicted octanol–water partition coefficient (Wildman–Crippen LogP) is 2.30. The van der Waals surface area contributed by atoms with Crippen LogP contribution in [0.2, 0.25) is 0 Å². The molecule has 0 spiro atoms. The minimum atomic E-state index is 0.00524. The number of fused-ring (bicyclic) bond motifs is 1. The summed E-state index contributed by atoms with van der Waals surface area (Å²) in [7, 11) is 0. The summed E-state index contributed by atoms with van der Waals surface area (Å²) in [5.41, 5.74) is 3.15. The van der Waals surface area contributed by atoms with E-state index in [0.29, 0.717) is 18.7 Å². The van der Waals surface area contributed by atoms with Gasteiger partial charge in [-0.1, -0.05) is 0 Å². The van der Waals surface area contributed by atoms with Gasteiger partial charge in [-0.05, 0) is 31.2 Å². The summed E-state index contributed by atoms with van der Waals surface area (Å²) >= 11 is 1.15. The minimum absolute atomic E-state index is 0.00524. The molecule has 2 aromatic heterocycles. The lowest BCUT2D eigenvalue weighted by Crippen LogP contribution is -2.56. The van der Waals surface area contributed by atoms with Gasteiger partial charge in [-0.25, -0.2) is 0 Å². The van der Waals surface area contributed by atoms with E-state index in [1.54, 1.807) is 23.2 Å². The number of nitrogens with zero attached hydrogens (tertiary/aromatic N) is 4. The van der Waals surface area contributed by atoms with Gasteiger partial charge in [0.15, 0.2) is 0 Å². The molecule has 1 fully saturated rings. The van der Waals surface area contributed by atoms with E-state index in [1.807, 2.05) is 25.1 Å². The Kier molecular flexibility index (Phi) is 3.42. The van der Waals surface area contributed by atoms with Crippen LogP contribution in [-0.4, -0.2) is 43.7 Å². The van der Waals surface area contributed by atoms with Crippen LogP contribution in [0, 0.1) is 6.92 Å². The Labute approximate surface area is 137 Å². The van der Waals surface area contributed by atoms with Gasteiger partial charge in [-0.2, -0.15) is 8.75 Å². The van der Waals surface area contributed by atoms with Crippen molar-refractivity contribution in [2.75, 3.05) is 13.1 Å². The summed E-state index contributed by atoms with van der Waals surface area (Å²) in [5.74, 6) is 0.801. The number of likely N-dealkylation sites (tertiary alicyclic amines) is 1. The van der Waals surface area contributed by atoms with Gasteiger partial charge in [0.05, 0.1) is 24.8 Å². The lowest BCUT2D eigenvalue weighted by molar-refractivity contribution is 0.0177. The fourth-order valence-corrected chi connectivity index (χ4v) is 3.08. The van der Waals surface area contributed by atoms with Gasteiger partial charge in [-0.3, -0.25) is 9.78 Å². The first-order valence-corrected chi connectivity index (χ1v) is 8.03. The summed E-state index contributed by atoms with van der Waals surface area (Å²) in [6.45, 7) is 3.11. The standard InChI is InChI=1S/C16H14N4O2S/c1-10-6-12(4-5-17-10)22-13-8-20(9-13)16(21)11-2-3-14-15(7-11)19-23-18-14/h2-7,13H,8-9H2,1H3. The van der Waals surface area contributed by atoms with Gasteiger partial charge < -0.3 is 9.64 Å². The van der Waals surface area contributed by atoms with Crippen molar-refractivity contribution in [3.05, 3.63) is 47.8 Å². The Morgan fingerprint density at radius 2 is 2.04 bits per heavy atom. The second-order valence-electron chi connectivity index (χ2n) is 5.55. The van der Waals surface area contributed by atoms with E-state index >= 15 is 0 Å². The molecule has 3 aromatic rings. The molecule has 7 heteroatoms. The van der Waals surface area contributed by atoms with Crippen LogP contribution in [-0.2, 0) is 0 Å². The number of pyridine rings is 1. The first-order valence-electron chi connectivity index (χ1n) is 7.30. The SMILES string of the molecule is Cc1cc(OC2CN(C(=O)c3ccc4nsnc4c3)C2)ccn1. The van der Waals surface area contributed by atoms with Crippen molar-refractivity contribution in [2.45, 2.75) is 13.0 Å². The molecule has 23 heavy (non-hydrogen) atoms. The Bertz CT molecular complexity index is 873. The maximum atomic E-state index is 12.5. The molecule has 1 amide bonds. The van der Waals surface area contributed by atoms with Crippen molar-refractivity contribution in [1.82, 2.24) is 18.6 Å². The molecule has 0 unspecified atom stereocenters. The Balaban J connectivity index is 1.40. The molecular weight excluding hydrogens is 312 g/mol. The Morgan fingerprint density at radius 3 is 2.87 bits per heavy atom. The third kappa shape index (κ3) is 2.75. The number of hydrogen-bond donors (Lipinski definition) is 0. The van der Waals surface area contributed by atoms with Crippen molar-refractivity contribution in [3.63, 3.8) is 0 Å². The van der Waals surface area contributed by atoms with Crippen LogP contribution >= 0.6 is 11.7 Å². The van der Waals surface area contributed by atoms with E-state index in [2.05, 4.69) is 13.7 Å². The highest BCUT2D eigenvalue weighted by Crippen LogP contribution is 2.21. The molecule has 6 nitrogen and oxygen atoms in total. The minimum Gasteiger partial charge on any atom is -0.487 e. The van der Waals surface area contributed by atoms with E-state index in [4.69, 9.17) is 4.74 Å². The third-order valence-electron chi connectivity index (χ3n) is 3.81. The number of hydrogen-bond acceptors (Lipinski definition) is 6. The molecule has 1 saturated heterocycles. The molecule has 0 N–H and O–H groups in total. The lowest BCUT2D eigenvalue weighted by Gasteiger charge is -2.39. The lowest BCUT2D eigenvalue weighted by atomic mass is 10.1. The van der Waals surface area contributed by atoms with Gasteiger partial charge in [-0.15, -0.1) is 0 Å². The maximum Gasteiger partial charge on any atom is 0.254 e. The predicted molar refractivity (Wildman–Crippen MR) is 86.7 cm³/mol. The highest BCUT2D eigenvalue weighted by atomic mass is 32.1. The van der Waals surface area contributed by atoms with Gasteiger partial charge >= 0.3 is 0 Å². The molecule has 1 aromatic carbocycles. The van der Waals surface area contributed by atoms with Crippen LogP contribution in [0.1, 0.15) is 16.1 Å². The van der Waals surface area contributed by atoms with Crippen LogP contribution in [0.25, 0.3) is 11.0 Å². The Morgan fingerprint density at radius 1 is 1.22 bits per heavy atom. The van der Waals surface area contributed by atoms with Gasteiger partial charge in [0.1, 0.15) is 22.9 Å². The number of carbonyl (C=O) groups excluding carboxylic acids is 1. The summed E-state index contributed by atoms with van der Waals surface area (Å²) < 4.78 is 14.2. The molecule has 3 heterocycles. The fourth-order valence-electron chi connectivity index (χ4n) is 2.56. The summed E-state index contributed by atoms with van der Waals surface area (Å²) in [6, 6.07) is 9.15. The molecule has 1 aliphatic heterocycles. The fraction of sp³-hybridized carbons (Fsp3) is 0.250.